The van der Waals surface area contributed by atoms with Crippen molar-refractivity contribution in [2.75, 3.05) is 19.7 Å². The summed E-state index contributed by atoms with van der Waals surface area (Å²) in [6, 6.07) is 3.38. The van der Waals surface area contributed by atoms with Gasteiger partial charge in [0.1, 0.15) is 66.0 Å². The van der Waals surface area contributed by atoms with Crippen molar-refractivity contribution in [1.82, 2.24) is 41.5 Å². The summed E-state index contributed by atoms with van der Waals surface area (Å²) in [5.74, 6) is -13.0. The van der Waals surface area contributed by atoms with E-state index in [1.807, 2.05) is 10.6 Å². The van der Waals surface area contributed by atoms with Gasteiger partial charge in [-0.1, -0.05) is 50.0 Å². The molecule has 4 aromatic rings. The number of aliphatic hydroxyl groups is 8. The molecule has 1 unspecified atom stereocenters. The molecule has 0 aliphatic carbocycles. The minimum absolute atomic E-state index is 0. The van der Waals surface area contributed by atoms with Crippen LogP contribution in [0.4, 0.5) is 0 Å². The Bertz CT molecular complexity index is 3340. The van der Waals surface area contributed by atoms with Crippen molar-refractivity contribution in [3.8, 4) is 39.8 Å². The average Bonchev–Trinajstić information content (AvgIpc) is 2.24. The Morgan fingerprint density at radius 3 is 2.07 bits per heavy atom. The van der Waals surface area contributed by atoms with Crippen molar-refractivity contribution in [2.24, 2.45) is 11.7 Å². The van der Waals surface area contributed by atoms with Gasteiger partial charge in [0.25, 0.3) is 16.3 Å². The SMILES string of the molecule is CCCCCOc1ccc(-c2cc(-c3ccc(C(=O)N[C@H]4C[C@@H](O)[C@@H](O)NC(=O)[C@@H]5[C@@H](O)[C@@H](C)CN5C(=O)[C@H]([C@H](O)CC(N)=O)NC(=O)[C@H]([C@H](O)[C@@H](O)c5ccc(O)c(OS(=O)(=O)[O-])c5)NC(=O)[C@@H]5C[C@@H](O)CN5C(=O)C([C@@H](C)O)NC4=O)cc3)no2)cc1.[Na+]. The zero-order chi connectivity index (χ0) is 65.3. The first kappa shape index (κ1) is 71.7. The molecule has 484 valence electrons. The van der Waals surface area contributed by atoms with Crippen molar-refractivity contribution < 1.29 is 140 Å². The van der Waals surface area contributed by atoms with E-state index in [-0.39, 0.29) is 35.1 Å². The second-order valence-electron chi connectivity index (χ2n) is 21.9. The summed E-state index contributed by atoms with van der Waals surface area (Å²) in [6.07, 6.45) is -17.3. The molecule has 34 heteroatoms. The Morgan fingerprint density at radius 2 is 1.43 bits per heavy atom. The number of aromatic hydroxyl groups is 1. The number of hydrogen-bond acceptors (Lipinski definition) is 24. The predicted molar refractivity (Wildman–Crippen MR) is 302 cm³/mol. The molecule has 4 heterocycles. The second kappa shape index (κ2) is 31.1. The number of aromatic nitrogens is 1. The van der Waals surface area contributed by atoms with E-state index in [0.717, 1.165) is 32.3 Å². The third kappa shape index (κ3) is 17.8. The number of nitrogens with one attached hydrogen (secondary N) is 5. The molecule has 0 radical (unpaired) electrons. The van der Waals surface area contributed by atoms with E-state index in [0.29, 0.717) is 56.9 Å². The maximum atomic E-state index is 14.7. The summed E-state index contributed by atoms with van der Waals surface area (Å²) in [7, 11) is -5.60. The van der Waals surface area contributed by atoms with Crippen molar-refractivity contribution in [3.63, 3.8) is 0 Å². The monoisotopic (exact) mass is 1290 g/mol. The number of amides is 8. The third-order valence-electron chi connectivity index (χ3n) is 15.2. The van der Waals surface area contributed by atoms with Crippen molar-refractivity contribution in [3.05, 3.63) is 83.9 Å². The fraction of sp³-hybridized carbons (Fsp3) is 0.482. The van der Waals surface area contributed by atoms with Crippen LogP contribution in [-0.4, -0.2) is 220 Å². The van der Waals surface area contributed by atoms with Crippen LogP contribution in [0.5, 0.6) is 17.2 Å². The number of fused-ring (bicyclic) bond motifs is 2. The van der Waals surface area contributed by atoms with Crippen LogP contribution < -0.4 is 70.8 Å². The summed E-state index contributed by atoms with van der Waals surface area (Å²) in [5, 5.41) is 116. The number of aliphatic hydroxyl groups excluding tert-OH is 8. The maximum absolute atomic E-state index is 14.7. The zero-order valence-electron chi connectivity index (χ0n) is 49.0. The molecule has 0 bridgehead atoms. The van der Waals surface area contributed by atoms with E-state index >= 15 is 0 Å². The number of carbonyl (C=O) groups excluding carboxylic acids is 8. The summed E-state index contributed by atoms with van der Waals surface area (Å²) in [4.78, 5) is 115. The smallest absolute Gasteiger partial charge is 0.716 e. The van der Waals surface area contributed by atoms with E-state index in [1.165, 1.54) is 31.2 Å². The van der Waals surface area contributed by atoms with Gasteiger partial charge in [-0.2, -0.15) is 0 Å². The van der Waals surface area contributed by atoms with Crippen LogP contribution in [0, 0.1) is 5.92 Å². The molecule has 3 fully saturated rings. The quantitative estimate of drug-likeness (QED) is 0.0190. The zero-order valence-corrected chi connectivity index (χ0v) is 51.8. The second-order valence-corrected chi connectivity index (χ2v) is 22.9. The number of unbranched alkanes of at least 4 members (excludes halogenated alkanes) is 2. The van der Waals surface area contributed by atoms with Crippen LogP contribution in [0.3, 0.4) is 0 Å². The fourth-order valence-electron chi connectivity index (χ4n) is 10.3. The molecule has 32 nitrogen and oxygen atoms in total. The molecule has 3 aromatic carbocycles. The summed E-state index contributed by atoms with van der Waals surface area (Å²) < 4.78 is 49.9. The number of phenols is 1. The minimum atomic E-state index is -5.60. The van der Waals surface area contributed by atoms with E-state index in [9.17, 15) is 97.3 Å². The molecule has 90 heavy (non-hydrogen) atoms. The largest absolute Gasteiger partial charge is 1.00 e. The molecule has 15 atom stereocenters. The van der Waals surface area contributed by atoms with Crippen LogP contribution in [0.15, 0.2) is 77.3 Å². The van der Waals surface area contributed by atoms with E-state index in [1.54, 1.807) is 30.3 Å². The molecule has 3 aliphatic rings. The topological polar surface area (TPSA) is 513 Å². The van der Waals surface area contributed by atoms with Gasteiger partial charge < -0.3 is 106 Å². The van der Waals surface area contributed by atoms with Gasteiger partial charge in [0, 0.05) is 54.6 Å². The molecule has 7 rings (SSSR count). The van der Waals surface area contributed by atoms with Gasteiger partial charge in [0.05, 0.1) is 37.4 Å². The van der Waals surface area contributed by atoms with Crippen LogP contribution in [0.2, 0.25) is 0 Å². The van der Waals surface area contributed by atoms with Gasteiger partial charge in [-0.15, -0.1) is 0 Å². The number of rotatable bonds is 18. The third-order valence-corrected chi connectivity index (χ3v) is 15.6. The number of phenolic OH excluding ortho intramolecular Hbond substituents is 1. The average molecular weight is 1290 g/mol. The van der Waals surface area contributed by atoms with Gasteiger partial charge in [-0.25, -0.2) is 8.42 Å². The van der Waals surface area contributed by atoms with E-state index in [2.05, 4.69) is 32.2 Å². The maximum Gasteiger partial charge on any atom is 1.00 e. The fourth-order valence-corrected chi connectivity index (χ4v) is 10.7. The number of carbonyl (C=O) groups is 8. The van der Waals surface area contributed by atoms with Crippen LogP contribution in [0.1, 0.15) is 81.3 Å². The molecule has 1 aromatic heterocycles. The van der Waals surface area contributed by atoms with Crippen molar-refractivity contribution in [1.29, 1.82) is 0 Å². The van der Waals surface area contributed by atoms with Crippen molar-refractivity contribution >= 4 is 57.7 Å². The number of nitrogens with two attached hydrogens (primary N) is 1. The Morgan fingerprint density at radius 1 is 0.800 bits per heavy atom. The number of ether oxygens (including phenoxy) is 1. The van der Waals surface area contributed by atoms with Crippen LogP contribution in [0.25, 0.3) is 22.6 Å². The number of benzene rings is 3. The van der Waals surface area contributed by atoms with Gasteiger partial charge in [0.15, 0.2) is 23.5 Å². The first-order valence-electron chi connectivity index (χ1n) is 28.1. The van der Waals surface area contributed by atoms with E-state index < -0.39 is 198 Å². The Hall–Kier alpha value is -7.38. The Kier molecular flexibility index (Phi) is 24.8. The molecular weight excluding hydrogens is 1220 g/mol. The molecule has 3 aliphatic heterocycles. The number of nitrogens with zero attached hydrogens (tertiary/aromatic N) is 3. The molecule has 0 saturated carbocycles. The molecule has 8 amide bonds. The normalized spacial score (nSPS) is 26.2. The molecule has 16 N–H and O–H groups in total. The number of hydrogen-bond donors (Lipinski definition) is 15. The van der Waals surface area contributed by atoms with Crippen molar-refractivity contribution in [2.45, 2.75) is 145 Å². The molecular formula is C56H70N9NaO23S. The first-order chi connectivity index (χ1) is 42.0. The van der Waals surface area contributed by atoms with Gasteiger partial charge in [-0.05, 0) is 67.4 Å². The molecule has 0 spiro atoms. The standard InChI is InChI=1S/C56H71N9O23S.Na/c1-4-5-6-17-86-32-14-11-28(12-15-32)39-21-33(63-87-39)27-7-9-29(10-8-27)49(75)58-34-20-38(70)52(78)62-54(80)45-46(72)25(2)23-65(45)56(82)43(37(69)22-41(57)71)60-53(79)44(48(74)47(73)30-13-16-36(68)40(18-30)88-89(83,84)85)61-51(77)35-19-31(67)24-64(35)55(81)42(26(3)66)59-50(34)76;/h7-16,18,21,25-26,31,34-35,37-38,42-48,52,66-70,72-74,78H,4-6,17,19-20,22-24H2,1-3H3,(H2,57,71)(H,58,75)(H,59,76)(H,60,79)(H,61,77)(H,62,80)(H,83,84,85);/q;+1/p-1/t25-,26+,31+,34-,35-,37+,38+,42?,43-,44-,45-,46-,47-,48-,52+;/m0./s1. The predicted octanol–water partition coefficient (Wildman–Crippen LogP) is -7.24. The summed E-state index contributed by atoms with van der Waals surface area (Å²) in [5.41, 5.74) is 6.13. The van der Waals surface area contributed by atoms with Crippen LogP contribution >= 0.6 is 0 Å². The minimum Gasteiger partial charge on any atom is -0.716 e. The van der Waals surface area contributed by atoms with Gasteiger partial charge in [0.2, 0.25) is 41.4 Å². The Labute approximate surface area is 536 Å². The molecule has 3 saturated heterocycles. The Balaban J connectivity index is 0.0000129. The summed E-state index contributed by atoms with van der Waals surface area (Å²) >= 11 is 0. The number of primary amides is 1. The van der Waals surface area contributed by atoms with Gasteiger partial charge in [-0.3, -0.25) is 38.4 Å². The van der Waals surface area contributed by atoms with Gasteiger partial charge >= 0.3 is 29.6 Å². The van der Waals surface area contributed by atoms with Crippen LogP contribution in [-0.2, 0) is 44.0 Å². The first-order valence-corrected chi connectivity index (χ1v) is 29.4. The summed E-state index contributed by atoms with van der Waals surface area (Å²) in [6.45, 7) is 3.72. The van der Waals surface area contributed by atoms with E-state index in [4.69, 9.17) is 15.0 Å².